The molecule has 1 aromatic carbocycles. The van der Waals surface area contributed by atoms with Gasteiger partial charge in [-0.05, 0) is 67.0 Å². The Bertz CT molecular complexity index is 827. The van der Waals surface area contributed by atoms with Crippen LogP contribution in [0, 0.1) is 5.82 Å². The van der Waals surface area contributed by atoms with Crippen molar-refractivity contribution in [3.63, 3.8) is 0 Å². The molecule has 8 heteroatoms. The average molecular weight is 543 g/mol. The van der Waals surface area contributed by atoms with Gasteiger partial charge in [0.15, 0.2) is 5.96 Å². The number of aliphatic imine (C=N–C) groups is 1. The predicted octanol–water partition coefficient (Wildman–Crippen LogP) is 4.56. The number of halogens is 2. The van der Waals surface area contributed by atoms with Crippen LogP contribution in [0.15, 0.2) is 41.5 Å². The molecule has 30 heavy (non-hydrogen) atoms. The van der Waals surface area contributed by atoms with Crippen LogP contribution in [0.5, 0.6) is 0 Å². The molecule has 5 nitrogen and oxygen atoms in total. The summed E-state index contributed by atoms with van der Waals surface area (Å²) in [5.74, 6) is 2.40. The Morgan fingerprint density at radius 3 is 2.70 bits per heavy atom. The summed E-state index contributed by atoms with van der Waals surface area (Å²) in [7, 11) is 0. The second-order valence-electron chi connectivity index (χ2n) is 7.11. The third-order valence-electron chi connectivity index (χ3n) is 4.92. The maximum atomic E-state index is 13.6. The summed E-state index contributed by atoms with van der Waals surface area (Å²) in [6.45, 7) is 6.19. The highest BCUT2D eigenvalue weighted by Gasteiger charge is 2.13. The van der Waals surface area contributed by atoms with Crippen molar-refractivity contribution in [2.24, 2.45) is 4.99 Å². The van der Waals surface area contributed by atoms with E-state index in [9.17, 15) is 4.39 Å². The molecule has 2 aromatic rings. The lowest BCUT2D eigenvalue weighted by molar-refractivity contribution is 0.625. The molecular formula is C22H31FIN5S. The maximum absolute atomic E-state index is 13.6. The minimum absolute atomic E-state index is 0. The Kier molecular flexibility index (Phi) is 10.7. The van der Waals surface area contributed by atoms with E-state index in [1.54, 1.807) is 17.8 Å². The van der Waals surface area contributed by atoms with Crippen molar-refractivity contribution in [3.05, 3.63) is 59.0 Å². The molecule has 1 aliphatic rings. The highest BCUT2D eigenvalue weighted by Crippen LogP contribution is 2.19. The van der Waals surface area contributed by atoms with Crippen molar-refractivity contribution in [2.75, 3.05) is 30.8 Å². The molecule has 0 spiro atoms. The Labute approximate surface area is 200 Å². The van der Waals surface area contributed by atoms with Gasteiger partial charge in [0.2, 0.25) is 0 Å². The van der Waals surface area contributed by atoms with Gasteiger partial charge in [-0.1, -0.05) is 6.07 Å². The van der Waals surface area contributed by atoms with E-state index >= 15 is 0 Å². The summed E-state index contributed by atoms with van der Waals surface area (Å²) >= 11 is 1.69. The monoisotopic (exact) mass is 543 g/mol. The number of pyridine rings is 1. The fraction of sp³-hybridized carbons (Fsp3) is 0.455. The molecule has 0 unspecified atom stereocenters. The van der Waals surface area contributed by atoms with Crippen molar-refractivity contribution in [1.29, 1.82) is 0 Å². The molecule has 2 N–H and O–H groups in total. The van der Waals surface area contributed by atoms with E-state index in [-0.39, 0.29) is 29.8 Å². The van der Waals surface area contributed by atoms with Gasteiger partial charge in [-0.15, -0.1) is 24.0 Å². The average Bonchev–Trinajstić information content (AvgIpc) is 3.27. The molecule has 0 aliphatic carbocycles. The van der Waals surface area contributed by atoms with Gasteiger partial charge in [-0.2, -0.15) is 11.8 Å². The minimum Gasteiger partial charge on any atom is -0.357 e. The van der Waals surface area contributed by atoms with E-state index in [2.05, 4.69) is 26.6 Å². The number of hydrogen-bond donors (Lipinski definition) is 2. The molecule has 2 heterocycles. The Morgan fingerprint density at radius 2 is 1.97 bits per heavy atom. The number of benzene rings is 1. The molecule has 1 aliphatic heterocycles. The van der Waals surface area contributed by atoms with Crippen LogP contribution in [-0.4, -0.2) is 36.8 Å². The summed E-state index contributed by atoms with van der Waals surface area (Å²) in [5, 5.41) is 6.67. The topological polar surface area (TPSA) is 52.6 Å². The molecule has 0 saturated carbocycles. The second kappa shape index (κ2) is 13.0. The zero-order valence-electron chi connectivity index (χ0n) is 17.7. The first-order chi connectivity index (χ1) is 14.2. The lowest BCUT2D eigenvalue weighted by Crippen LogP contribution is -2.37. The molecular weight excluding hydrogens is 512 g/mol. The summed E-state index contributed by atoms with van der Waals surface area (Å²) in [6.07, 6.45) is 6.37. The fourth-order valence-corrected chi connectivity index (χ4v) is 4.01. The number of nitrogens with one attached hydrogen (secondary N) is 2. The largest absolute Gasteiger partial charge is 0.357 e. The third kappa shape index (κ3) is 7.30. The first-order valence-electron chi connectivity index (χ1n) is 10.2. The van der Waals surface area contributed by atoms with Crippen molar-refractivity contribution >= 4 is 47.5 Å². The van der Waals surface area contributed by atoms with Gasteiger partial charge < -0.3 is 15.5 Å². The first kappa shape index (κ1) is 24.7. The van der Waals surface area contributed by atoms with Crippen LogP contribution in [0.4, 0.5) is 10.2 Å². The van der Waals surface area contributed by atoms with Gasteiger partial charge in [-0.3, -0.25) is 0 Å². The molecule has 1 saturated heterocycles. The molecule has 1 aromatic heterocycles. The van der Waals surface area contributed by atoms with Crippen molar-refractivity contribution in [3.8, 4) is 0 Å². The fourth-order valence-electron chi connectivity index (χ4n) is 3.43. The minimum atomic E-state index is -0.190. The van der Waals surface area contributed by atoms with Crippen LogP contribution in [0.2, 0.25) is 0 Å². The van der Waals surface area contributed by atoms with Gasteiger partial charge in [0.25, 0.3) is 0 Å². The lowest BCUT2D eigenvalue weighted by Gasteiger charge is -2.17. The van der Waals surface area contributed by atoms with E-state index in [0.717, 1.165) is 53.9 Å². The molecule has 0 atom stereocenters. The highest BCUT2D eigenvalue weighted by molar-refractivity contribution is 14.0. The zero-order chi connectivity index (χ0) is 20.5. The van der Waals surface area contributed by atoms with Crippen molar-refractivity contribution in [2.45, 2.75) is 38.6 Å². The first-order valence-corrected chi connectivity index (χ1v) is 11.6. The van der Waals surface area contributed by atoms with Crippen LogP contribution in [0.25, 0.3) is 0 Å². The van der Waals surface area contributed by atoms with Gasteiger partial charge in [-0.25, -0.2) is 14.4 Å². The number of aromatic nitrogens is 1. The second-order valence-corrected chi connectivity index (χ2v) is 7.98. The number of thioether (sulfide) groups is 1. The molecule has 164 valence electrons. The number of rotatable bonds is 8. The maximum Gasteiger partial charge on any atom is 0.191 e. The Balaban J connectivity index is 0.00000320. The van der Waals surface area contributed by atoms with E-state index in [0.29, 0.717) is 13.1 Å². The quantitative estimate of drug-likeness (QED) is 0.291. The van der Waals surface area contributed by atoms with E-state index in [4.69, 9.17) is 4.99 Å². The summed E-state index contributed by atoms with van der Waals surface area (Å²) in [6, 6.07) is 9.14. The molecule has 0 bridgehead atoms. The predicted molar refractivity (Wildman–Crippen MR) is 136 cm³/mol. The van der Waals surface area contributed by atoms with Gasteiger partial charge in [0, 0.05) is 38.1 Å². The van der Waals surface area contributed by atoms with Crippen LogP contribution in [0.3, 0.4) is 0 Å². The Hall–Kier alpha value is -1.55. The van der Waals surface area contributed by atoms with Crippen LogP contribution in [-0.2, 0) is 18.8 Å². The normalized spacial score (nSPS) is 13.8. The standard InChI is InChI=1S/C22H30FN5S.HI/c1-3-24-22(27-15-18-6-7-20(23)13-19(18)16-29-2)26-14-17-8-9-25-21(12-17)28-10-4-5-11-28;/h6-9,12-13H,3-5,10-11,14-16H2,1-2H3,(H2,24,26,27);1H. The van der Waals surface area contributed by atoms with E-state index in [1.807, 2.05) is 31.5 Å². The van der Waals surface area contributed by atoms with Crippen LogP contribution >= 0.6 is 35.7 Å². The van der Waals surface area contributed by atoms with Gasteiger partial charge in [0.1, 0.15) is 11.6 Å². The molecule has 0 radical (unpaired) electrons. The number of nitrogens with zero attached hydrogens (tertiary/aromatic N) is 3. The van der Waals surface area contributed by atoms with E-state index < -0.39 is 0 Å². The summed E-state index contributed by atoms with van der Waals surface area (Å²) in [5.41, 5.74) is 3.25. The number of hydrogen-bond acceptors (Lipinski definition) is 4. The lowest BCUT2D eigenvalue weighted by atomic mass is 10.1. The zero-order valence-corrected chi connectivity index (χ0v) is 20.8. The summed E-state index contributed by atoms with van der Waals surface area (Å²) < 4.78 is 13.6. The number of guanidine groups is 1. The van der Waals surface area contributed by atoms with Crippen molar-refractivity contribution < 1.29 is 4.39 Å². The molecule has 3 rings (SSSR count). The third-order valence-corrected chi connectivity index (χ3v) is 5.52. The highest BCUT2D eigenvalue weighted by atomic mass is 127. The van der Waals surface area contributed by atoms with Gasteiger partial charge >= 0.3 is 0 Å². The van der Waals surface area contributed by atoms with Crippen LogP contribution in [0.1, 0.15) is 36.5 Å². The van der Waals surface area contributed by atoms with Gasteiger partial charge in [0.05, 0.1) is 6.54 Å². The summed E-state index contributed by atoms with van der Waals surface area (Å²) in [4.78, 5) is 11.6. The van der Waals surface area contributed by atoms with E-state index in [1.165, 1.54) is 18.9 Å². The SMILES string of the molecule is CCNC(=NCc1ccnc(N2CCCC2)c1)NCc1ccc(F)cc1CSC.I. The smallest absolute Gasteiger partial charge is 0.191 e. The Morgan fingerprint density at radius 1 is 1.17 bits per heavy atom. The molecule has 0 amide bonds. The van der Waals surface area contributed by atoms with Crippen LogP contribution < -0.4 is 15.5 Å². The molecule has 1 fully saturated rings. The number of anilines is 1. The van der Waals surface area contributed by atoms with Crippen molar-refractivity contribution in [1.82, 2.24) is 15.6 Å².